The fourth-order valence-electron chi connectivity index (χ4n) is 3.84. The number of aromatic nitrogens is 2. The van der Waals surface area contributed by atoms with Crippen LogP contribution in [-0.4, -0.2) is 48.1 Å². The monoisotopic (exact) mass is 368 g/mol. The molecule has 6 heteroatoms. The molecule has 2 fully saturated rings. The molecule has 0 aliphatic carbocycles. The minimum atomic E-state index is -0.358. The third-order valence-corrected chi connectivity index (χ3v) is 5.41. The van der Waals surface area contributed by atoms with Gasteiger partial charge in [0.15, 0.2) is 5.79 Å². The predicted molar refractivity (Wildman–Crippen MR) is 106 cm³/mol. The van der Waals surface area contributed by atoms with E-state index in [2.05, 4.69) is 63.9 Å². The minimum absolute atomic E-state index is 0.345. The van der Waals surface area contributed by atoms with Gasteiger partial charge in [-0.1, -0.05) is 30.3 Å². The second-order valence-electron chi connectivity index (χ2n) is 7.54. The summed E-state index contributed by atoms with van der Waals surface area (Å²) in [5.74, 6) is 1.59. The van der Waals surface area contributed by atoms with Gasteiger partial charge in [-0.3, -0.25) is 0 Å². The van der Waals surface area contributed by atoms with Gasteiger partial charge in [0.2, 0.25) is 0 Å². The first-order chi connectivity index (χ1) is 13.2. The highest BCUT2D eigenvalue weighted by atomic mass is 16.7. The lowest BCUT2D eigenvalue weighted by molar-refractivity contribution is -0.169. The first-order valence-corrected chi connectivity index (χ1v) is 9.81. The number of rotatable bonds is 5. The molecule has 0 unspecified atom stereocenters. The highest BCUT2D eigenvalue weighted by Crippen LogP contribution is 2.33. The van der Waals surface area contributed by atoms with E-state index in [-0.39, 0.29) is 5.79 Å². The topological polar surface area (TPSA) is 50.7 Å². The molecule has 0 atom stereocenters. The molecule has 1 aromatic carbocycles. The molecule has 1 spiro atoms. The second-order valence-corrected chi connectivity index (χ2v) is 7.54. The molecule has 0 saturated carbocycles. The SMILES string of the molecule is CC(C)N(Cc1ccccc1)c1cc(N2CCC3(CC2)OCCO3)ncn1. The fourth-order valence-corrected chi connectivity index (χ4v) is 3.84. The summed E-state index contributed by atoms with van der Waals surface area (Å²) in [5.41, 5.74) is 1.28. The zero-order valence-electron chi connectivity index (χ0n) is 16.2. The highest BCUT2D eigenvalue weighted by Gasteiger charge is 2.40. The van der Waals surface area contributed by atoms with E-state index in [9.17, 15) is 0 Å². The Morgan fingerprint density at radius 2 is 1.78 bits per heavy atom. The number of nitrogens with zero attached hydrogens (tertiary/aromatic N) is 4. The van der Waals surface area contributed by atoms with Crippen LogP contribution in [0.3, 0.4) is 0 Å². The van der Waals surface area contributed by atoms with Crippen LogP contribution >= 0.6 is 0 Å². The predicted octanol–water partition coefficient (Wildman–Crippen LogP) is 3.23. The first kappa shape index (κ1) is 18.2. The normalized spacial score (nSPS) is 19.0. The van der Waals surface area contributed by atoms with Crippen LogP contribution in [0.15, 0.2) is 42.7 Å². The van der Waals surface area contributed by atoms with Crippen LogP contribution in [0.1, 0.15) is 32.3 Å². The molecule has 1 aromatic heterocycles. The number of ether oxygens (including phenoxy) is 2. The molecular formula is C21H28N4O2. The van der Waals surface area contributed by atoms with E-state index in [4.69, 9.17) is 9.47 Å². The maximum absolute atomic E-state index is 5.84. The third kappa shape index (κ3) is 4.06. The number of piperidine rings is 1. The molecular weight excluding hydrogens is 340 g/mol. The molecule has 3 heterocycles. The lowest BCUT2D eigenvalue weighted by Crippen LogP contribution is -2.45. The molecule has 4 rings (SSSR count). The van der Waals surface area contributed by atoms with Gasteiger partial charge in [-0.2, -0.15) is 0 Å². The molecule has 0 bridgehead atoms. The Balaban J connectivity index is 1.49. The van der Waals surface area contributed by atoms with Crippen molar-refractivity contribution in [2.45, 2.75) is 45.1 Å². The van der Waals surface area contributed by atoms with Gasteiger partial charge in [0.05, 0.1) is 13.2 Å². The average Bonchev–Trinajstić information content (AvgIpc) is 3.15. The van der Waals surface area contributed by atoms with Crippen molar-refractivity contribution in [1.29, 1.82) is 0 Å². The highest BCUT2D eigenvalue weighted by molar-refractivity contribution is 5.51. The molecule has 2 aliphatic heterocycles. The van der Waals surface area contributed by atoms with Crippen LogP contribution in [0.5, 0.6) is 0 Å². The molecule has 27 heavy (non-hydrogen) atoms. The van der Waals surface area contributed by atoms with Crippen LogP contribution in [0.2, 0.25) is 0 Å². The lowest BCUT2D eigenvalue weighted by Gasteiger charge is -2.38. The first-order valence-electron chi connectivity index (χ1n) is 9.81. The van der Waals surface area contributed by atoms with E-state index in [0.29, 0.717) is 19.3 Å². The van der Waals surface area contributed by atoms with Crippen molar-refractivity contribution in [3.05, 3.63) is 48.3 Å². The number of hydrogen-bond acceptors (Lipinski definition) is 6. The summed E-state index contributed by atoms with van der Waals surface area (Å²) >= 11 is 0. The van der Waals surface area contributed by atoms with Crippen LogP contribution in [0.4, 0.5) is 11.6 Å². The van der Waals surface area contributed by atoms with E-state index in [0.717, 1.165) is 44.1 Å². The summed E-state index contributed by atoms with van der Waals surface area (Å²) in [4.78, 5) is 13.7. The van der Waals surface area contributed by atoms with Crippen molar-refractivity contribution in [3.63, 3.8) is 0 Å². The van der Waals surface area contributed by atoms with Crippen molar-refractivity contribution in [2.75, 3.05) is 36.1 Å². The Morgan fingerprint density at radius 1 is 1.07 bits per heavy atom. The molecule has 0 amide bonds. The minimum Gasteiger partial charge on any atom is -0.356 e. The van der Waals surface area contributed by atoms with Gasteiger partial charge in [-0.15, -0.1) is 0 Å². The van der Waals surface area contributed by atoms with Crippen LogP contribution in [0.25, 0.3) is 0 Å². The smallest absolute Gasteiger partial charge is 0.171 e. The van der Waals surface area contributed by atoms with E-state index in [1.165, 1.54) is 5.56 Å². The van der Waals surface area contributed by atoms with Gasteiger partial charge in [0, 0.05) is 44.6 Å². The summed E-state index contributed by atoms with van der Waals surface area (Å²) in [7, 11) is 0. The largest absolute Gasteiger partial charge is 0.356 e. The maximum Gasteiger partial charge on any atom is 0.171 e. The summed E-state index contributed by atoms with van der Waals surface area (Å²) in [6.07, 6.45) is 3.44. The maximum atomic E-state index is 5.84. The van der Waals surface area contributed by atoms with Gasteiger partial charge in [-0.05, 0) is 19.4 Å². The van der Waals surface area contributed by atoms with Gasteiger partial charge >= 0.3 is 0 Å². The number of hydrogen-bond donors (Lipinski definition) is 0. The zero-order chi connectivity index (χ0) is 18.7. The quantitative estimate of drug-likeness (QED) is 0.808. The second kappa shape index (κ2) is 7.82. The van der Waals surface area contributed by atoms with Gasteiger partial charge in [0.1, 0.15) is 18.0 Å². The Morgan fingerprint density at radius 3 is 2.44 bits per heavy atom. The summed E-state index contributed by atoms with van der Waals surface area (Å²) in [6, 6.07) is 13.0. The van der Waals surface area contributed by atoms with Crippen molar-refractivity contribution in [1.82, 2.24) is 9.97 Å². The average molecular weight is 368 g/mol. The summed E-state index contributed by atoms with van der Waals surface area (Å²) < 4.78 is 11.7. The Hall–Kier alpha value is -2.18. The van der Waals surface area contributed by atoms with Crippen molar-refractivity contribution < 1.29 is 9.47 Å². The summed E-state index contributed by atoms with van der Waals surface area (Å²) in [5, 5.41) is 0. The van der Waals surface area contributed by atoms with Crippen molar-refractivity contribution >= 4 is 11.6 Å². The lowest BCUT2D eigenvalue weighted by atomic mass is 10.0. The summed E-state index contributed by atoms with van der Waals surface area (Å²) in [6.45, 7) is 8.42. The molecule has 0 N–H and O–H groups in total. The van der Waals surface area contributed by atoms with Gasteiger partial charge in [-0.25, -0.2) is 9.97 Å². The van der Waals surface area contributed by atoms with Crippen molar-refractivity contribution in [3.8, 4) is 0 Å². The van der Waals surface area contributed by atoms with Crippen LogP contribution in [0, 0.1) is 0 Å². The molecule has 2 saturated heterocycles. The van der Waals surface area contributed by atoms with Crippen LogP contribution < -0.4 is 9.80 Å². The fraction of sp³-hybridized carbons (Fsp3) is 0.524. The molecule has 2 aromatic rings. The Labute approximate surface area is 161 Å². The molecule has 0 radical (unpaired) electrons. The van der Waals surface area contributed by atoms with E-state index >= 15 is 0 Å². The molecule has 144 valence electrons. The van der Waals surface area contributed by atoms with Gasteiger partial charge in [0.25, 0.3) is 0 Å². The number of anilines is 2. The Kier molecular flexibility index (Phi) is 5.27. The zero-order valence-corrected chi connectivity index (χ0v) is 16.2. The molecule has 2 aliphatic rings. The van der Waals surface area contributed by atoms with E-state index in [1.54, 1.807) is 6.33 Å². The molecule has 6 nitrogen and oxygen atoms in total. The standard InChI is InChI=1S/C21H28N4O2/c1-17(2)25(15-18-6-4-3-5-7-18)20-14-19(22-16-23-20)24-10-8-21(9-11-24)26-12-13-27-21/h3-7,14,16-17H,8-13,15H2,1-2H3. The third-order valence-electron chi connectivity index (χ3n) is 5.41. The van der Waals surface area contributed by atoms with E-state index < -0.39 is 0 Å². The van der Waals surface area contributed by atoms with E-state index in [1.807, 2.05) is 6.07 Å². The Bertz CT molecular complexity index is 737. The van der Waals surface area contributed by atoms with Crippen molar-refractivity contribution in [2.24, 2.45) is 0 Å². The van der Waals surface area contributed by atoms with Gasteiger partial charge < -0.3 is 19.3 Å². The van der Waals surface area contributed by atoms with Crippen LogP contribution in [-0.2, 0) is 16.0 Å². The number of benzene rings is 1.